The zero-order valence-corrected chi connectivity index (χ0v) is 12.0. The number of hydrogen-bond donors (Lipinski definition) is 2. The zero-order valence-electron chi connectivity index (χ0n) is 12.0. The second kappa shape index (κ2) is 4.04. The van der Waals surface area contributed by atoms with Gasteiger partial charge in [-0.25, -0.2) is 0 Å². The van der Waals surface area contributed by atoms with Crippen molar-refractivity contribution in [1.29, 1.82) is 0 Å². The Kier molecular flexibility index (Phi) is 2.93. The number of Topliss-reactive ketones (excluding diaryl/α,β-unsaturated/α-hetero) is 3. The van der Waals surface area contributed by atoms with Crippen molar-refractivity contribution >= 4 is 17.3 Å². The van der Waals surface area contributed by atoms with Crippen molar-refractivity contribution in [2.75, 3.05) is 0 Å². The first-order valence-corrected chi connectivity index (χ1v) is 6.47. The number of aliphatic hydroxyl groups excluding tert-OH is 2. The molecule has 1 fully saturated rings. The number of carbonyl (C=O) groups is 3. The first kappa shape index (κ1) is 14.5. The highest BCUT2D eigenvalue weighted by Gasteiger charge is 2.56. The van der Waals surface area contributed by atoms with E-state index < -0.39 is 33.9 Å². The van der Waals surface area contributed by atoms with Gasteiger partial charge >= 0.3 is 0 Å². The molecule has 0 amide bonds. The molecule has 0 aromatic carbocycles. The Labute approximate surface area is 117 Å². The maximum Gasteiger partial charge on any atom is 0.228 e. The molecule has 108 valence electrons. The second-order valence-electron chi connectivity index (χ2n) is 6.46. The molecular weight excluding hydrogens is 260 g/mol. The molecule has 2 aliphatic rings. The van der Waals surface area contributed by atoms with Gasteiger partial charge in [0.25, 0.3) is 0 Å². The average Bonchev–Trinajstić information content (AvgIpc) is 2.53. The summed E-state index contributed by atoms with van der Waals surface area (Å²) in [7, 11) is 0. The van der Waals surface area contributed by atoms with Crippen LogP contribution in [0.5, 0.6) is 0 Å². The molecule has 2 rings (SSSR count). The van der Waals surface area contributed by atoms with Crippen LogP contribution in [-0.2, 0) is 14.4 Å². The molecule has 0 aromatic rings. The molecule has 0 bridgehead atoms. The van der Waals surface area contributed by atoms with Crippen molar-refractivity contribution in [2.24, 2.45) is 10.8 Å². The van der Waals surface area contributed by atoms with Gasteiger partial charge in [-0.3, -0.25) is 14.4 Å². The summed E-state index contributed by atoms with van der Waals surface area (Å²) in [5.41, 5.74) is -1.84. The molecule has 1 unspecified atom stereocenters. The first-order chi connectivity index (χ1) is 9.03. The number of allylic oxidation sites excluding steroid dienone is 2. The van der Waals surface area contributed by atoms with Crippen LogP contribution < -0.4 is 0 Å². The predicted molar refractivity (Wildman–Crippen MR) is 71.1 cm³/mol. The summed E-state index contributed by atoms with van der Waals surface area (Å²) in [5, 5.41) is 19.9. The molecule has 5 nitrogen and oxygen atoms in total. The van der Waals surface area contributed by atoms with Crippen molar-refractivity contribution in [3.05, 3.63) is 22.7 Å². The summed E-state index contributed by atoms with van der Waals surface area (Å²) >= 11 is 0. The number of carbonyl (C=O) groups excluding carboxylic acids is 3. The Bertz CT molecular complexity index is 606. The van der Waals surface area contributed by atoms with Crippen LogP contribution in [-0.4, -0.2) is 27.6 Å². The fourth-order valence-electron chi connectivity index (χ4n) is 3.12. The van der Waals surface area contributed by atoms with E-state index in [1.165, 1.54) is 6.92 Å². The molecule has 2 aliphatic carbocycles. The van der Waals surface area contributed by atoms with E-state index in [0.29, 0.717) is 0 Å². The minimum absolute atomic E-state index is 0.0242. The minimum Gasteiger partial charge on any atom is -0.504 e. The second-order valence-corrected chi connectivity index (χ2v) is 6.46. The van der Waals surface area contributed by atoms with E-state index >= 15 is 0 Å². The van der Waals surface area contributed by atoms with E-state index in [-0.39, 0.29) is 29.8 Å². The summed E-state index contributed by atoms with van der Waals surface area (Å²) in [6.45, 7) is 6.61. The number of rotatable bonds is 1. The van der Waals surface area contributed by atoms with Crippen LogP contribution in [0.15, 0.2) is 22.7 Å². The molecule has 2 N–H and O–H groups in total. The highest BCUT2D eigenvalue weighted by molar-refractivity contribution is 6.23. The van der Waals surface area contributed by atoms with E-state index in [4.69, 9.17) is 0 Å². The van der Waals surface area contributed by atoms with Crippen molar-refractivity contribution < 1.29 is 24.6 Å². The molecule has 5 heteroatoms. The summed E-state index contributed by atoms with van der Waals surface area (Å²) in [6, 6.07) is 0. The molecule has 0 saturated heterocycles. The quantitative estimate of drug-likeness (QED) is 0.717. The van der Waals surface area contributed by atoms with E-state index in [1.807, 2.05) is 13.8 Å². The number of ketones is 3. The lowest BCUT2D eigenvalue weighted by atomic mass is 9.62. The maximum atomic E-state index is 12.3. The third-order valence-electron chi connectivity index (χ3n) is 4.83. The lowest BCUT2D eigenvalue weighted by Crippen LogP contribution is -2.39. The van der Waals surface area contributed by atoms with Gasteiger partial charge in [-0.05, 0) is 12.3 Å². The van der Waals surface area contributed by atoms with Crippen LogP contribution >= 0.6 is 0 Å². The summed E-state index contributed by atoms with van der Waals surface area (Å²) in [6.07, 6.45) is 0.343. The van der Waals surface area contributed by atoms with Crippen LogP contribution in [0.4, 0.5) is 0 Å². The Hall–Kier alpha value is -1.91. The van der Waals surface area contributed by atoms with E-state index in [0.717, 1.165) is 0 Å². The lowest BCUT2D eigenvalue weighted by molar-refractivity contribution is -0.121. The fraction of sp³-hybridized carbons (Fsp3) is 0.533. The van der Waals surface area contributed by atoms with Crippen LogP contribution in [0.1, 0.15) is 40.5 Å². The average molecular weight is 278 g/mol. The number of aliphatic hydroxyl groups is 2. The molecule has 0 heterocycles. The fourth-order valence-corrected chi connectivity index (χ4v) is 3.12. The van der Waals surface area contributed by atoms with Gasteiger partial charge in [-0.15, -0.1) is 0 Å². The predicted octanol–water partition coefficient (Wildman–Crippen LogP) is 2.18. The van der Waals surface area contributed by atoms with Crippen molar-refractivity contribution in [2.45, 2.75) is 40.5 Å². The molecule has 0 radical (unpaired) electrons. The third-order valence-corrected chi connectivity index (χ3v) is 4.83. The van der Waals surface area contributed by atoms with Gasteiger partial charge in [0.2, 0.25) is 11.6 Å². The van der Waals surface area contributed by atoms with Crippen molar-refractivity contribution in [1.82, 2.24) is 0 Å². The maximum absolute atomic E-state index is 12.3. The Morgan fingerprint density at radius 2 is 1.45 bits per heavy atom. The summed E-state index contributed by atoms with van der Waals surface area (Å²) in [4.78, 5) is 36.0. The summed E-state index contributed by atoms with van der Waals surface area (Å²) < 4.78 is 0. The minimum atomic E-state index is -0.963. The summed E-state index contributed by atoms with van der Waals surface area (Å²) in [5.74, 6) is -2.82. The monoisotopic (exact) mass is 278 g/mol. The van der Waals surface area contributed by atoms with Gasteiger partial charge in [0.1, 0.15) is 5.78 Å². The van der Waals surface area contributed by atoms with E-state index in [9.17, 15) is 24.6 Å². The van der Waals surface area contributed by atoms with Crippen LogP contribution in [0.2, 0.25) is 0 Å². The molecule has 0 aromatic heterocycles. The lowest BCUT2D eigenvalue weighted by Gasteiger charge is -2.40. The Morgan fingerprint density at radius 1 is 0.900 bits per heavy atom. The third kappa shape index (κ3) is 1.65. The van der Waals surface area contributed by atoms with Gasteiger partial charge in [0, 0.05) is 23.8 Å². The molecule has 1 atom stereocenters. The largest absolute Gasteiger partial charge is 0.504 e. The smallest absolute Gasteiger partial charge is 0.228 e. The first-order valence-electron chi connectivity index (χ1n) is 6.47. The van der Waals surface area contributed by atoms with Crippen molar-refractivity contribution in [3.63, 3.8) is 0 Å². The van der Waals surface area contributed by atoms with Gasteiger partial charge in [-0.1, -0.05) is 20.8 Å². The molecule has 0 spiro atoms. The Balaban J connectivity index is 2.66. The van der Waals surface area contributed by atoms with Crippen LogP contribution in [0, 0.1) is 10.8 Å². The zero-order chi connectivity index (χ0) is 15.5. The SMILES string of the molecule is CC1=C(O)C(=O)C(C2(C)CC(=O)CC2(C)C)=C(O)C1=O. The molecule has 0 aliphatic heterocycles. The molecule has 1 saturated carbocycles. The molecular formula is C15H18O5. The highest BCUT2D eigenvalue weighted by Crippen LogP contribution is 2.56. The van der Waals surface area contributed by atoms with Gasteiger partial charge in [0.05, 0.1) is 5.57 Å². The van der Waals surface area contributed by atoms with Crippen molar-refractivity contribution in [3.8, 4) is 0 Å². The van der Waals surface area contributed by atoms with Gasteiger partial charge in [0.15, 0.2) is 11.5 Å². The number of hydrogen-bond acceptors (Lipinski definition) is 5. The van der Waals surface area contributed by atoms with E-state index in [2.05, 4.69) is 0 Å². The Morgan fingerprint density at radius 3 is 1.90 bits per heavy atom. The van der Waals surface area contributed by atoms with Crippen LogP contribution in [0.25, 0.3) is 0 Å². The molecule has 20 heavy (non-hydrogen) atoms. The normalized spacial score (nSPS) is 30.5. The van der Waals surface area contributed by atoms with Gasteiger partial charge < -0.3 is 10.2 Å². The topological polar surface area (TPSA) is 91.7 Å². The van der Waals surface area contributed by atoms with Gasteiger partial charge in [-0.2, -0.15) is 0 Å². The highest BCUT2D eigenvalue weighted by atomic mass is 16.3. The van der Waals surface area contributed by atoms with Crippen LogP contribution in [0.3, 0.4) is 0 Å². The van der Waals surface area contributed by atoms with E-state index in [1.54, 1.807) is 6.92 Å². The standard InChI is InChI=1S/C15H18O5/c1-7-10(17)12(19)9(13(20)11(7)18)15(4)6-8(16)5-14(15,2)3/h17,20H,5-6H2,1-4H3.